The van der Waals surface area contributed by atoms with Crippen LogP contribution < -0.4 is 5.73 Å². The van der Waals surface area contributed by atoms with Gasteiger partial charge in [0, 0.05) is 18.4 Å². The van der Waals surface area contributed by atoms with Crippen molar-refractivity contribution in [3.8, 4) is 0 Å². The number of Topliss-reactive ketones (excluding diaryl/α,β-unsaturated/α-hetero) is 1. The highest BCUT2D eigenvalue weighted by Gasteiger charge is 2.11. The Labute approximate surface area is 118 Å². The molecule has 2 aromatic carbocycles. The first kappa shape index (κ1) is 14.0. The summed E-state index contributed by atoms with van der Waals surface area (Å²) >= 11 is 0. The van der Waals surface area contributed by atoms with Crippen LogP contribution in [0, 0.1) is 6.92 Å². The van der Waals surface area contributed by atoms with E-state index in [1.54, 1.807) is 24.3 Å². The van der Waals surface area contributed by atoms with Gasteiger partial charge >= 0.3 is 0 Å². The summed E-state index contributed by atoms with van der Waals surface area (Å²) in [6.07, 6.45) is 0.598. The number of amides is 1. The molecule has 2 rings (SSSR count). The first-order chi connectivity index (χ1) is 9.56. The number of carbonyl (C=O) groups excluding carboxylic acids is 2. The first-order valence-corrected chi connectivity index (χ1v) is 6.51. The van der Waals surface area contributed by atoms with Crippen LogP contribution in [0.4, 0.5) is 0 Å². The maximum atomic E-state index is 12.1. The molecule has 0 unspecified atom stereocenters. The van der Waals surface area contributed by atoms with Gasteiger partial charge in [-0.2, -0.15) is 0 Å². The molecule has 3 nitrogen and oxygen atoms in total. The number of benzene rings is 2. The van der Waals surface area contributed by atoms with Gasteiger partial charge in [-0.3, -0.25) is 9.59 Å². The van der Waals surface area contributed by atoms with E-state index in [1.807, 2.05) is 31.2 Å². The molecule has 0 atom stereocenters. The number of rotatable bonds is 5. The Morgan fingerprint density at radius 3 is 2.25 bits per heavy atom. The largest absolute Gasteiger partial charge is 0.366 e. The number of ketones is 1. The second-order valence-corrected chi connectivity index (χ2v) is 4.90. The number of hydrogen-bond acceptors (Lipinski definition) is 2. The van der Waals surface area contributed by atoms with Gasteiger partial charge in [0.05, 0.1) is 0 Å². The molecule has 0 saturated carbocycles. The smallest absolute Gasteiger partial charge is 0.248 e. The fourth-order valence-corrected chi connectivity index (χ4v) is 2.12. The zero-order valence-corrected chi connectivity index (χ0v) is 11.4. The monoisotopic (exact) mass is 267 g/mol. The molecule has 0 heterocycles. The van der Waals surface area contributed by atoms with Gasteiger partial charge in [-0.1, -0.05) is 48.0 Å². The van der Waals surface area contributed by atoms with E-state index >= 15 is 0 Å². The van der Waals surface area contributed by atoms with Crippen molar-refractivity contribution in [3.63, 3.8) is 0 Å². The molecule has 0 aliphatic carbocycles. The molecular formula is C17H17NO2. The summed E-state index contributed by atoms with van der Waals surface area (Å²) in [6.45, 7) is 2.01. The van der Waals surface area contributed by atoms with Gasteiger partial charge in [-0.05, 0) is 24.1 Å². The van der Waals surface area contributed by atoms with Gasteiger partial charge in [0.15, 0.2) is 0 Å². The highest BCUT2D eigenvalue weighted by Crippen LogP contribution is 2.11. The quantitative estimate of drug-likeness (QED) is 0.904. The van der Waals surface area contributed by atoms with Crippen LogP contribution in [0.2, 0.25) is 0 Å². The molecule has 2 N–H and O–H groups in total. The summed E-state index contributed by atoms with van der Waals surface area (Å²) in [5.41, 5.74) is 8.57. The number of aryl methyl sites for hydroxylation is 1. The Balaban J connectivity index is 2.08. The molecule has 0 aliphatic rings. The number of nitrogens with two attached hydrogens (primary N) is 1. The van der Waals surface area contributed by atoms with E-state index in [-0.39, 0.29) is 12.2 Å². The molecule has 1 amide bonds. The van der Waals surface area contributed by atoms with Gasteiger partial charge in [0.25, 0.3) is 0 Å². The minimum atomic E-state index is -0.497. The highest BCUT2D eigenvalue weighted by atomic mass is 16.1. The Kier molecular flexibility index (Phi) is 4.31. The summed E-state index contributed by atoms with van der Waals surface area (Å²) in [5, 5.41) is 0. The Bertz CT molecular complexity index is 630. The van der Waals surface area contributed by atoms with Crippen molar-refractivity contribution in [2.75, 3.05) is 0 Å². The van der Waals surface area contributed by atoms with Crippen LogP contribution >= 0.6 is 0 Å². The molecule has 3 heteroatoms. The van der Waals surface area contributed by atoms with Crippen LogP contribution in [-0.4, -0.2) is 11.7 Å². The predicted molar refractivity (Wildman–Crippen MR) is 78.6 cm³/mol. The lowest BCUT2D eigenvalue weighted by Crippen LogP contribution is -2.16. The molecule has 102 valence electrons. The van der Waals surface area contributed by atoms with Crippen LogP contribution in [0.5, 0.6) is 0 Å². The third-order valence-corrected chi connectivity index (χ3v) is 3.19. The molecule has 20 heavy (non-hydrogen) atoms. The van der Waals surface area contributed by atoms with Crippen molar-refractivity contribution in [1.82, 2.24) is 0 Å². The van der Waals surface area contributed by atoms with Gasteiger partial charge in [0.1, 0.15) is 5.78 Å². The minimum absolute atomic E-state index is 0.0718. The van der Waals surface area contributed by atoms with E-state index in [1.165, 1.54) is 5.56 Å². The molecule has 0 radical (unpaired) electrons. The molecule has 0 bridgehead atoms. The lowest BCUT2D eigenvalue weighted by molar-refractivity contribution is -0.117. The predicted octanol–water partition coefficient (Wildman–Crippen LogP) is 2.45. The van der Waals surface area contributed by atoms with Crippen LogP contribution in [0.1, 0.15) is 27.0 Å². The third kappa shape index (κ3) is 3.54. The van der Waals surface area contributed by atoms with Gasteiger partial charge in [-0.25, -0.2) is 0 Å². The van der Waals surface area contributed by atoms with Crippen molar-refractivity contribution in [1.29, 1.82) is 0 Å². The fourth-order valence-electron chi connectivity index (χ4n) is 2.12. The summed E-state index contributed by atoms with van der Waals surface area (Å²) in [5.74, 6) is -0.425. The van der Waals surface area contributed by atoms with Gasteiger partial charge < -0.3 is 5.73 Å². The summed E-state index contributed by atoms with van der Waals surface area (Å²) in [4.78, 5) is 23.4. The van der Waals surface area contributed by atoms with E-state index < -0.39 is 5.91 Å². The Morgan fingerprint density at radius 2 is 1.60 bits per heavy atom. The molecule has 0 saturated heterocycles. The lowest BCUT2D eigenvalue weighted by atomic mass is 9.98. The second kappa shape index (κ2) is 6.15. The van der Waals surface area contributed by atoms with Crippen molar-refractivity contribution >= 4 is 11.7 Å². The van der Waals surface area contributed by atoms with E-state index in [2.05, 4.69) is 0 Å². The van der Waals surface area contributed by atoms with Crippen molar-refractivity contribution < 1.29 is 9.59 Å². The SMILES string of the molecule is Cc1ccc(CC(=O)Cc2ccccc2C(N)=O)cc1. The number of carbonyl (C=O) groups is 2. The standard InChI is InChI=1S/C17H17NO2/c1-12-6-8-13(9-7-12)10-15(19)11-14-4-2-3-5-16(14)17(18)20/h2-9H,10-11H2,1H3,(H2,18,20). The maximum absolute atomic E-state index is 12.1. The van der Waals surface area contributed by atoms with Crippen LogP contribution in [-0.2, 0) is 17.6 Å². The Hall–Kier alpha value is -2.42. The summed E-state index contributed by atoms with van der Waals surface area (Å²) < 4.78 is 0. The number of primary amides is 1. The van der Waals surface area contributed by atoms with Crippen molar-refractivity contribution in [2.24, 2.45) is 5.73 Å². The van der Waals surface area contributed by atoms with Crippen LogP contribution in [0.15, 0.2) is 48.5 Å². The number of hydrogen-bond donors (Lipinski definition) is 1. The maximum Gasteiger partial charge on any atom is 0.248 e. The Morgan fingerprint density at radius 1 is 0.950 bits per heavy atom. The van der Waals surface area contributed by atoms with Crippen molar-refractivity contribution in [2.45, 2.75) is 19.8 Å². The highest BCUT2D eigenvalue weighted by molar-refractivity contribution is 5.96. The normalized spacial score (nSPS) is 10.2. The first-order valence-electron chi connectivity index (χ1n) is 6.51. The van der Waals surface area contributed by atoms with E-state index in [0.717, 1.165) is 5.56 Å². The topological polar surface area (TPSA) is 60.2 Å². The van der Waals surface area contributed by atoms with E-state index in [9.17, 15) is 9.59 Å². The molecule has 0 fully saturated rings. The van der Waals surface area contributed by atoms with Gasteiger partial charge in [-0.15, -0.1) is 0 Å². The average Bonchev–Trinajstić information content (AvgIpc) is 2.41. The van der Waals surface area contributed by atoms with E-state index in [0.29, 0.717) is 17.5 Å². The third-order valence-electron chi connectivity index (χ3n) is 3.19. The molecule has 0 aromatic heterocycles. The van der Waals surface area contributed by atoms with E-state index in [4.69, 9.17) is 5.73 Å². The molecule has 0 aliphatic heterocycles. The van der Waals surface area contributed by atoms with Crippen LogP contribution in [0.3, 0.4) is 0 Å². The lowest BCUT2D eigenvalue weighted by Gasteiger charge is -2.06. The molecule has 2 aromatic rings. The zero-order valence-electron chi connectivity index (χ0n) is 11.4. The van der Waals surface area contributed by atoms with Gasteiger partial charge in [0.2, 0.25) is 5.91 Å². The van der Waals surface area contributed by atoms with Crippen LogP contribution in [0.25, 0.3) is 0 Å². The molecule has 0 spiro atoms. The average molecular weight is 267 g/mol. The fraction of sp³-hybridized carbons (Fsp3) is 0.176. The minimum Gasteiger partial charge on any atom is -0.366 e. The summed E-state index contributed by atoms with van der Waals surface area (Å²) in [7, 11) is 0. The summed E-state index contributed by atoms with van der Waals surface area (Å²) in [6, 6.07) is 14.8. The molecular weight excluding hydrogens is 250 g/mol. The van der Waals surface area contributed by atoms with Crippen molar-refractivity contribution in [3.05, 3.63) is 70.8 Å². The zero-order chi connectivity index (χ0) is 14.5. The second-order valence-electron chi connectivity index (χ2n) is 4.90.